The standard InChI is InChI=1S/C18H17N7O/c19-16-8-15(17-18(21-16)23-24-22-17)14(6-7-26)13-9-20-25(11-13)10-12-4-2-1-3-5-12/h1-9,11,22,24H,10H2,(H3,19,21,23)/b14-6+. The molecular formula is C18H17N7O. The first-order valence-corrected chi connectivity index (χ1v) is 8.05. The SMILES string of the molecule is Nc1cc(/C(=C/C=O)c2cnn(Cc3ccccc3)c2)c2c(n1)NNN2. The van der Waals surface area contributed by atoms with Crippen molar-refractivity contribution in [3.63, 3.8) is 0 Å². The summed E-state index contributed by atoms with van der Waals surface area (Å²) in [5, 5.41) is 4.42. The number of nitrogens with two attached hydrogens (primary N) is 1. The van der Waals surface area contributed by atoms with Crippen LogP contribution in [0.2, 0.25) is 0 Å². The van der Waals surface area contributed by atoms with Crippen LogP contribution in [0.15, 0.2) is 54.9 Å². The number of allylic oxidation sites excluding steroid dienone is 1. The van der Waals surface area contributed by atoms with E-state index < -0.39 is 0 Å². The number of carbonyl (C=O) groups excluding carboxylic acids is 1. The number of aldehydes is 1. The Morgan fingerprint density at radius 3 is 2.88 bits per heavy atom. The molecule has 1 aliphatic rings. The van der Waals surface area contributed by atoms with Crippen LogP contribution in [0.3, 0.4) is 0 Å². The summed E-state index contributed by atoms with van der Waals surface area (Å²) in [4.78, 5) is 15.5. The number of hydrogen-bond acceptors (Lipinski definition) is 7. The number of pyridine rings is 1. The predicted octanol–water partition coefficient (Wildman–Crippen LogP) is 1.80. The van der Waals surface area contributed by atoms with Gasteiger partial charge in [-0.15, -0.1) is 5.53 Å². The molecule has 8 nitrogen and oxygen atoms in total. The quantitative estimate of drug-likeness (QED) is 0.411. The minimum atomic E-state index is 0.352. The summed E-state index contributed by atoms with van der Waals surface area (Å²) in [5.74, 6) is 0.929. The summed E-state index contributed by atoms with van der Waals surface area (Å²) in [6, 6.07) is 11.8. The van der Waals surface area contributed by atoms with E-state index >= 15 is 0 Å². The monoisotopic (exact) mass is 347 g/mol. The van der Waals surface area contributed by atoms with E-state index in [1.165, 1.54) is 6.08 Å². The summed E-state index contributed by atoms with van der Waals surface area (Å²) < 4.78 is 1.83. The normalized spacial score (nSPS) is 13.0. The van der Waals surface area contributed by atoms with Crippen LogP contribution in [0.5, 0.6) is 0 Å². The average molecular weight is 347 g/mol. The van der Waals surface area contributed by atoms with Gasteiger partial charge < -0.3 is 5.73 Å². The Balaban J connectivity index is 1.71. The summed E-state index contributed by atoms with van der Waals surface area (Å²) in [7, 11) is 0. The van der Waals surface area contributed by atoms with Gasteiger partial charge in [0.15, 0.2) is 5.82 Å². The molecule has 26 heavy (non-hydrogen) atoms. The highest BCUT2D eigenvalue weighted by Gasteiger charge is 2.20. The van der Waals surface area contributed by atoms with Gasteiger partial charge in [0.25, 0.3) is 0 Å². The molecule has 3 aromatic rings. The Morgan fingerprint density at radius 1 is 1.23 bits per heavy atom. The third-order valence-electron chi connectivity index (χ3n) is 4.06. The fourth-order valence-electron chi connectivity index (χ4n) is 2.92. The van der Waals surface area contributed by atoms with Crippen molar-refractivity contribution >= 4 is 29.2 Å². The van der Waals surface area contributed by atoms with Gasteiger partial charge in [0, 0.05) is 17.3 Å². The number of hydrogen-bond donors (Lipinski definition) is 4. The van der Waals surface area contributed by atoms with E-state index in [0.717, 1.165) is 28.7 Å². The minimum Gasteiger partial charge on any atom is -0.384 e. The Bertz CT molecular complexity index is 978. The van der Waals surface area contributed by atoms with Gasteiger partial charge in [-0.3, -0.25) is 20.3 Å². The van der Waals surface area contributed by atoms with E-state index in [4.69, 9.17) is 5.73 Å². The van der Waals surface area contributed by atoms with Crippen molar-refractivity contribution < 1.29 is 4.79 Å². The molecule has 0 fully saturated rings. The molecular weight excluding hydrogens is 330 g/mol. The summed E-state index contributed by atoms with van der Waals surface area (Å²) in [6.07, 6.45) is 5.89. The number of fused-ring (bicyclic) bond motifs is 1. The van der Waals surface area contributed by atoms with E-state index in [0.29, 0.717) is 23.8 Å². The third kappa shape index (κ3) is 3.01. The number of nitrogens with one attached hydrogen (secondary N) is 3. The van der Waals surface area contributed by atoms with Crippen LogP contribution in [-0.2, 0) is 11.3 Å². The molecule has 4 rings (SSSR count). The lowest BCUT2D eigenvalue weighted by Gasteiger charge is -2.10. The predicted molar refractivity (Wildman–Crippen MR) is 99.9 cm³/mol. The number of aromatic nitrogens is 3. The van der Waals surface area contributed by atoms with Crippen molar-refractivity contribution in [2.75, 3.05) is 16.6 Å². The minimum absolute atomic E-state index is 0.352. The highest BCUT2D eigenvalue weighted by Crippen LogP contribution is 2.36. The van der Waals surface area contributed by atoms with Gasteiger partial charge in [-0.05, 0) is 23.3 Å². The molecule has 0 saturated carbocycles. The number of nitrogen functional groups attached to an aromatic ring is 1. The van der Waals surface area contributed by atoms with Crippen LogP contribution in [0.1, 0.15) is 16.7 Å². The summed E-state index contributed by atoms with van der Waals surface area (Å²) in [5.41, 5.74) is 18.7. The molecule has 5 N–H and O–H groups in total. The number of benzene rings is 1. The molecule has 2 aromatic heterocycles. The van der Waals surface area contributed by atoms with Gasteiger partial charge in [0.1, 0.15) is 17.8 Å². The summed E-state index contributed by atoms with van der Waals surface area (Å²) in [6.45, 7) is 0.646. The molecule has 0 saturated heterocycles. The first-order valence-electron chi connectivity index (χ1n) is 8.05. The lowest BCUT2D eigenvalue weighted by Crippen LogP contribution is -2.19. The maximum Gasteiger partial charge on any atom is 0.169 e. The fraction of sp³-hybridized carbons (Fsp3) is 0.0556. The van der Waals surface area contributed by atoms with Crippen LogP contribution < -0.4 is 22.1 Å². The number of carbonyl (C=O) groups is 1. The summed E-state index contributed by atoms with van der Waals surface area (Å²) >= 11 is 0. The fourth-order valence-corrected chi connectivity index (χ4v) is 2.92. The lowest BCUT2D eigenvalue weighted by molar-refractivity contribution is -0.104. The van der Waals surface area contributed by atoms with E-state index in [1.54, 1.807) is 12.3 Å². The van der Waals surface area contributed by atoms with Crippen molar-refractivity contribution in [2.24, 2.45) is 0 Å². The van der Waals surface area contributed by atoms with Gasteiger partial charge in [0.05, 0.1) is 12.7 Å². The van der Waals surface area contributed by atoms with E-state index in [-0.39, 0.29) is 0 Å². The molecule has 0 unspecified atom stereocenters. The van der Waals surface area contributed by atoms with Crippen LogP contribution >= 0.6 is 0 Å². The van der Waals surface area contributed by atoms with Crippen LogP contribution in [-0.4, -0.2) is 21.1 Å². The molecule has 1 aliphatic heterocycles. The maximum absolute atomic E-state index is 11.2. The van der Waals surface area contributed by atoms with E-state index in [1.807, 2.05) is 41.2 Å². The van der Waals surface area contributed by atoms with Gasteiger partial charge in [-0.1, -0.05) is 30.3 Å². The molecule has 0 bridgehead atoms. The smallest absolute Gasteiger partial charge is 0.169 e. The van der Waals surface area contributed by atoms with Crippen LogP contribution in [0.25, 0.3) is 5.57 Å². The van der Waals surface area contributed by atoms with E-state index in [9.17, 15) is 4.79 Å². The zero-order valence-corrected chi connectivity index (χ0v) is 13.8. The van der Waals surface area contributed by atoms with Gasteiger partial charge >= 0.3 is 0 Å². The molecule has 0 radical (unpaired) electrons. The number of hydrazine groups is 2. The highest BCUT2D eigenvalue weighted by atomic mass is 16.1. The van der Waals surface area contributed by atoms with Crippen LogP contribution in [0, 0.1) is 0 Å². The molecule has 1 aromatic carbocycles. The molecule has 3 heterocycles. The lowest BCUT2D eigenvalue weighted by atomic mass is 9.99. The number of nitrogens with zero attached hydrogens (tertiary/aromatic N) is 3. The molecule has 130 valence electrons. The molecule has 0 spiro atoms. The van der Waals surface area contributed by atoms with Gasteiger partial charge in [-0.2, -0.15) is 5.10 Å². The van der Waals surface area contributed by atoms with Crippen molar-refractivity contribution in [2.45, 2.75) is 6.54 Å². The first kappa shape index (κ1) is 15.9. The number of anilines is 3. The Morgan fingerprint density at radius 2 is 2.08 bits per heavy atom. The third-order valence-corrected chi connectivity index (χ3v) is 4.06. The van der Waals surface area contributed by atoms with Gasteiger partial charge in [0.2, 0.25) is 0 Å². The zero-order valence-electron chi connectivity index (χ0n) is 13.8. The van der Waals surface area contributed by atoms with Crippen molar-refractivity contribution in [3.05, 3.63) is 71.6 Å². The maximum atomic E-state index is 11.2. The second-order valence-corrected chi connectivity index (χ2v) is 5.82. The average Bonchev–Trinajstić information content (AvgIpc) is 3.29. The van der Waals surface area contributed by atoms with Gasteiger partial charge in [-0.25, -0.2) is 4.98 Å². The van der Waals surface area contributed by atoms with Crippen LogP contribution in [0.4, 0.5) is 17.3 Å². The second kappa shape index (κ2) is 6.69. The van der Waals surface area contributed by atoms with Crippen molar-refractivity contribution in [1.29, 1.82) is 0 Å². The Kier molecular flexibility index (Phi) is 4.08. The topological polar surface area (TPSA) is 110 Å². The molecule has 0 amide bonds. The second-order valence-electron chi connectivity index (χ2n) is 5.82. The Hall–Kier alpha value is -3.65. The highest BCUT2D eigenvalue weighted by molar-refractivity contribution is 5.96. The molecule has 8 heteroatoms. The molecule has 0 aliphatic carbocycles. The molecule has 0 atom stereocenters. The van der Waals surface area contributed by atoms with Crippen molar-refractivity contribution in [3.8, 4) is 0 Å². The van der Waals surface area contributed by atoms with E-state index in [2.05, 4.69) is 26.5 Å². The number of rotatable bonds is 5. The van der Waals surface area contributed by atoms with Crippen molar-refractivity contribution in [1.82, 2.24) is 20.3 Å². The Labute approximate surface area is 149 Å². The largest absolute Gasteiger partial charge is 0.384 e. The first-order chi connectivity index (χ1) is 12.7. The zero-order chi connectivity index (χ0) is 17.9.